The first-order chi connectivity index (χ1) is 10.5. The highest BCUT2D eigenvalue weighted by Crippen LogP contribution is 2.36. The van der Waals surface area contributed by atoms with Crippen molar-refractivity contribution in [2.75, 3.05) is 23.3 Å². The monoisotopic (exact) mass is 306 g/mol. The summed E-state index contributed by atoms with van der Waals surface area (Å²) >= 11 is 0. The zero-order valence-electron chi connectivity index (χ0n) is 11.6. The first-order valence-electron chi connectivity index (χ1n) is 6.69. The number of hydrogen-bond donors (Lipinski definition) is 1. The summed E-state index contributed by atoms with van der Waals surface area (Å²) in [5.41, 5.74) is -0.108. The van der Waals surface area contributed by atoms with Crippen LogP contribution in [-0.4, -0.2) is 13.1 Å². The number of allylic oxidation sites excluding steroid dienone is 1. The first kappa shape index (κ1) is 15.7. The molecule has 0 amide bonds. The Labute approximate surface area is 126 Å². The molecule has 0 spiro atoms. The Hall–Kier alpha value is -2.67. The van der Waals surface area contributed by atoms with E-state index in [2.05, 4.69) is 5.32 Å². The summed E-state index contributed by atoms with van der Waals surface area (Å²) in [5, 5.41) is 20.1. The van der Waals surface area contributed by atoms with Gasteiger partial charge in [0.2, 0.25) is 0 Å². The maximum atomic E-state index is 12.8. The van der Waals surface area contributed by atoms with Crippen LogP contribution in [0.15, 0.2) is 30.0 Å². The fourth-order valence-corrected chi connectivity index (χ4v) is 2.30. The van der Waals surface area contributed by atoms with E-state index in [1.807, 2.05) is 4.90 Å². The van der Waals surface area contributed by atoms with E-state index in [1.165, 1.54) is 6.07 Å². The number of nitrogens with zero attached hydrogens (tertiary/aromatic N) is 3. The molecule has 0 aliphatic carbocycles. The van der Waals surface area contributed by atoms with Crippen LogP contribution in [0.3, 0.4) is 0 Å². The molecule has 1 aromatic carbocycles. The van der Waals surface area contributed by atoms with E-state index in [1.54, 1.807) is 12.1 Å². The molecule has 1 aromatic rings. The molecule has 22 heavy (non-hydrogen) atoms. The van der Waals surface area contributed by atoms with Crippen LogP contribution in [0, 0.1) is 22.7 Å². The van der Waals surface area contributed by atoms with Crippen molar-refractivity contribution in [3.05, 3.63) is 35.5 Å². The van der Waals surface area contributed by atoms with Crippen LogP contribution in [0.1, 0.15) is 18.4 Å². The van der Waals surface area contributed by atoms with Crippen LogP contribution in [0.2, 0.25) is 0 Å². The highest BCUT2D eigenvalue weighted by atomic mass is 19.4. The fourth-order valence-electron chi connectivity index (χ4n) is 2.30. The average Bonchev–Trinajstić information content (AvgIpc) is 3.01. The summed E-state index contributed by atoms with van der Waals surface area (Å²) < 4.78 is 38.5. The van der Waals surface area contributed by atoms with E-state index in [0.29, 0.717) is 5.69 Å². The van der Waals surface area contributed by atoms with Gasteiger partial charge in [-0.05, 0) is 31.0 Å². The maximum absolute atomic E-state index is 12.8. The third-order valence-corrected chi connectivity index (χ3v) is 3.38. The van der Waals surface area contributed by atoms with E-state index in [-0.39, 0.29) is 11.3 Å². The molecule has 0 atom stereocenters. The second-order valence-electron chi connectivity index (χ2n) is 4.85. The summed E-state index contributed by atoms with van der Waals surface area (Å²) in [6.07, 6.45) is -1.36. The van der Waals surface area contributed by atoms with E-state index in [9.17, 15) is 13.2 Å². The average molecular weight is 306 g/mol. The highest BCUT2D eigenvalue weighted by Gasteiger charge is 2.31. The minimum atomic E-state index is -4.45. The Kier molecular flexibility index (Phi) is 4.57. The van der Waals surface area contributed by atoms with Gasteiger partial charge in [0, 0.05) is 19.3 Å². The summed E-state index contributed by atoms with van der Waals surface area (Å²) in [7, 11) is 0. The van der Waals surface area contributed by atoms with Crippen LogP contribution < -0.4 is 10.2 Å². The molecule has 1 aliphatic heterocycles. The second kappa shape index (κ2) is 6.40. The van der Waals surface area contributed by atoms with Gasteiger partial charge in [-0.25, -0.2) is 0 Å². The van der Waals surface area contributed by atoms with Crippen LogP contribution in [-0.2, 0) is 6.18 Å². The third-order valence-electron chi connectivity index (χ3n) is 3.38. The zero-order chi connectivity index (χ0) is 16.2. The SMILES string of the molecule is N#CC(C#N)=CNc1cc(C(F)(F)F)ccc1N1CCCC1. The molecule has 114 valence electrons. The normalized spacial score (nSPS) is 14.1. The Bertz CT molecular complexity index is 643. The van der Waals surface area contributed by atoms with Crippen LogP contribution in [0.5, 0.6) is 0 Å². The molecule has 0 saturated carbocycles. The van der Waals surface area contributed by atoms with Gasteiger partial charge in [-0.15, -0.1) is 0 Å². The van der Waals surface area contributed by atoms with Crippen molar-refractivity contribution in [3.63, 3.8) is 0 Å². The molecule has 1 heterocycles. The summed E-state index contributed by atoms with van der Waals surface area (Å²) in [6.45, 7) is 1.54. The van der Waals surface area contributed by atoms with Crippen molar-refractivity contribution in [1.82, 2.24) is 0 Å². The summed E-state index contributed by atoms with van der Waals surface area (Å²) in [4.78, 5) is 1.98. The van der Waals surface area contributed by atoms with E-state index >= 15 is 0 Å². The van der Waals surface area contributed by atoms with Gasteiger partial charge in [0.05, 0.1) is 16.9 Å². The lowest BCUT2D eigenvalue weighted by Crippen LogP contribution is -2.19. The Morgan fingerprint density at radius 2 is 1.82 bits per heavy atom. The van der Waals surface area contributed by atoms with Crippen molar-refractivity contribution in [2.24, 2.45) is 0 Å². The van der Waals surface area contributed by atoms with Gasteiger partial charge in [0.25, 0.3) is 0 Å². The molecular formula is C15H13F3N4. The van der Waals surface area contributed by atoms with E-state index in [0.717, 1.165) is 44.3 Å². The highest BCUT2D eigenvalue weighted by molar-refractivity contribution is 5.73. The fraction of sp³-hybridized carbons (Fsp3) is 0.333. The molecule has 7 heteroatoms. The van der Waals surface area contributed by atoms with Gasteiger partial charge in [0.15, 0.2) is 0 Å². The van der Waals surface area contributed by atoms with Crippen molar-refractivity contribution in [2.45, 2.75) is 19.0 Å². The van der Waals surface area contributed by atoms with Gasteiger partial charge in [-0.2, -0.15) is 23.7 Å². The molecule has 4 nitrogen and oxygen atoms in total. The van der Waals surface area contributed by atoms with Gasteiger partial charge >= 0.3 is 6.18 Å². The van der Waals surface area contributed by atoms with Crippen LogP contribution in [0.25, 0.3) is 0 Å². The lowest BCUT2D eigenvalue weighted by Gasteiger charge is -2.22. The minimum absolute atomic E-state index is 0.204. The van der Waals surface area contributed by atoms with E-state index in [4.69, 9.17) is 10.5 Å². The number of hydrogen-bond acceptors (Lipinski definition) is 4. The summed E-state index contributed by atoms with van der Waals surface area (Å²) in [5.74, 6) is 0. The van der Waals surface area contributed by atoms with Crippen LogP contribution in [0.4, 0.5) is 24.5 Å². The van der Waals surface area contributed by atoms with Crippen molar-refractivity contribution < 1.29 is 13.2 Å². The molecular weight excluding hydrogens is 293 g/mol. The Morgan fingerprint density at radius 3 is 2.36 bits per heavy atom. The molecule has 1 N–H and O–H groups in total. The van der Waals surface area contributed by atoms with Crippen molar-refractivity contribution in [3.8, 4) is 12.1 Å². The number of nitrogens with one attached hydrogen (secondary N) is 1. The molecule has 0 bridgehead atoms. The number of halogens is 3. The molecule has 0 aromatic heterocycles. The Morgan fingerprint density at radius 1 is 1.18 bits per heavy atom. The minimum Gasteiger partial charge on any atom is -0.370 e. The van der Waals surface area contributed by atoms with Crippen LogP contribution >= 0.6 is 0 Å². The maximum Gasteiger partial charge on any atom is 0.416 e. The third kappa shape index (κ3) is 3.50. The smallest absolute Gasteiger partial charge is 0.370 e. The molecule has 1 saturated heterocycles. The second-order valence-corrected chi connectivity index (χ2v) is 4.85. The van der Waals surface area contributed by atoms with E-state index < -0.39 is 11.7 Å². The van der Waals surface area contributed by atoms with Gasteiger partial charge in [-0.1, -0.05) is 0 Å². The largest absolute Gasteiger partial charge is 0.416 e. The van der Waals surface area contributed by atoms with Gasteiger partial charge in [0.1, 0.15) is 17.7 Å². The van der Waals surface area contributed by atoms with Gasteiger partial charge in [-0.3, -0.25) is 0 Å². The first-order valence-corrected chi connectivity index (χ1v) is 6.69. The van der Waals surface area contributed by atoms with Crippen molar-refractivity contribution in [1.29, 1.82) is 10.5 Å². The number of benzene rings is 1. The molecule has 1 aliphatic rings. The lowest BCUT2D eigenvalue weighted by molar-refractivity contribution is -0.137. The quantitative estimate of drug-likeness (QED) is 0.866. The number of rotatable bonds is 3. The standard InChI is InChI=1S/C15H13F3N4/c16-15(17,18)12-3-4-14(22-5-1-2-6-22)13(7-12)21-10-11(8-19)9-20/h3-4,7,10,21H,1-2,5-6H2. The molecule has 1 fully saturated rings. The predicted molar refractivity (Wildman–Crippen MR) is 75.8 cm³/mol. The topological polar surface area (TPSA) is 62.9 Å². The number of anilines is 2. The molecule has 2 rings (SSSR count). The predicted octanol–water partition coefficient (Wildman–Crippen LogP) is 3.65. The van der Waals surface area contributed by atoms with Crippen molar-refractivity contribution >= 4 is 11.4 Å². The Balaban J connectivity index is 2.39. The number of alkyl halides is 3. The lowest BCUT2D eigenvalue weighted by atomic mass is 10.1. The van der Waals surface area contributed by atoms with Gasteiger partial charge < -0.3 is 10.2 Å². The summed E-state index contributed by atoms with van der Waals surface area (Å²) in [6, 6.07) is 6.77. The molecule has 0 radical (unpaired) electrons. The zero-order valence-corrected chi connectivity index (χ0v) is 11.6. The molecule has 0 unspecified atom stereocenters. The number of nitriles is 2.